The average molecular weight is 1630 g/mol. The van der Waals surface area contributed by atoms with E-state index in [1.165, 1.54) is 35.4 Å². The van der Waals surface area contributed by atoms with Crippen LogP contribution >= 0.6 is 69.6 Å². The van der Waals surface area contributed by atoms with Gasteiger partial charge in [-0.3, -0.25) is 43.2 Å². The first-order valence-electron chi connectivity index (χ1n) is 35.2. The summed E-state index contributed by atoms with van der Waals surface area (Å²) in [5, 5.41) is 22.3. The maximum atomic E-state index is 13.1. The third-order valence-electron chi connectivity index (χ3n) is 18.8. The molecule has 3 atom stereocenters. The van der Waals surface area contributed by atoms with Crippen molar-refractivity contribution in [3.8, 4) is 0 Å². The molecule has 0 saturated heterocycles. The fourth-order valence-corrected chi connectivity index (χ4v) is 17.0. The molecule has 0 aliphatic carbocycles. The molecule has 6 N–H and O–H groups in total. The summed E-state index contributed by atoms with van der Waals surface area (Å²) in [7, 11) is -1.79. The lowest BCUT2D eigenvalue weighted by atomic mass is 9.84. The van der Waals surface area contributed by atoms with Gasteiger partial charge >= 0.3 is 5.97 Å². The third kappa shape index (κ3) is 26.3. The molecule has 6 aromatic carbocycles. The van der Waals surface area contributed by atoms with E-state index in [1.807, 2.05) is 32.3 Å². The molecule has 3 aliphatic heterocycles. The maximum Gasteiger partial charge on any atom is 0.303 e. The van der Waals surface area contributed by atoms with Crippen molar-refractivity contribution in [1.82, 2.24) is 40.7 Å². The molecule has 0 bridgehead atoms. The number of carbonyl (C=O) groups excluding carboxylic acids is 8. The molecule has 6 aromatic rings. The summed E-state index contributed by atoms with van der Waals surface area (Å²) in [6.45, 7) is 3.51. The van der Waals surface area contributed by atoms with Gasteiger partial charge in [-0.05, 0) is 163 Å². The van der Waals surface area contributed by atoms with Crippen LogP contribution in [0.1, 0.15) is 157 Å². The highest BCUT2D eigenvalue weighted by atomic mass is 35.5. The molecule has 4 amide bonds. The van der Waals surface area contributed by atoms with Crippen LogP contribution in [0.3, 0.4) is 0 Å². The number of nitrogens with zero attached hydrogens (tertiary/aromatic N) is 3. The normalized spacial score (nSPS) is 15.8. The first-order chi connectivity index (χ1) is 50.8. The highest BCUT2D eigenvalue weighted by Gasteiger charge is 2.32. The van der Waals surface area contributed by atoms with Crippen molar-refractivity contribution in [3.05, 3.63) is 195 Å². The first kappa shape index (κ1) is 85.4. The summed E-state index contributed by atoms with van der Waals surface area (Å²) in [6.07, 6.45) is 2.28. The van der Waals surface area contributed by atoms with Gasteiger partial charge in [0.2, 0.25) is 33.7 Å². The van der Waals surface area contributed by atoms with Crippen molar-refractivity contribution < 1.29 is 65.1 Å². The zero-order chi connectivity index (χ0) is 77.7. The number of ketones is 4. The molecule has 574 valence electrons. The van der Waals surface area contributed by atoms with E-state index in [-0.39, 0.29) is 122 Å². The van der Waals surface area contributed by atoms with Gasteiger partial charge in [0, 0.05) is 145 Å². The third-order valence-corrected chi connectivity index (χ3v) is 23.6. The minimum absolute atomic E-state index is 0.0193. The fraction of sp³-hybridized carbons (Fsp3) is 0.416. The van der Waals surface area contributed by atoms with E-state index >= 15 is 0 Å². The summed E-state index contributed by atoms with van der Waals surface area (Å²) < 4.78 is 54.4. The lowest BCUT2D eigenvalue weighted by Crippen LogP contribution is -2.32. The summed E-state index contributed by atoms with van der Waals surface area (Å²) in [6, 6.07) is 32.4. The molecular formula is C77H88Cl6N8O14S2. The van der Waals surface area contributed by atoms with Crippen LogP contribution in [0.15, 0.2) is 119 Å². The van der Waals surface area contributed by atoms with Gasteiger partial charge in [0.1, 0.15) is 5.78 Å². The highest BCUT2D eigenvalue weighted by Crippen LogP contribution is 2.42. The van der Waals surface area contributed by atoms with Gasteiger partial charge in [-0.25, -0.2) is 21.6 Å². The largest absolute Gasteiger partial charge is 0.481 e. The minimum Gasteiger partial charge on any atom is -0.481 e. The number of likely N-dealkylation sites (N-methyl/N-ethyl adjacent to an activating group) is 3. The van der Waals surface area contributed by atoms with Crippen molar-refractivity contribution in [2.75, 3.05) is 79.3 Å². The Morgan fingerprint density at radius 2 is 0.785 bits per heavy atom. The van der Waals surface area contributed by atoms with Gasteiger partial charge in [0.05, 0.1) is 48.1 Å². The quantitative estimate of drug-likeness (QED) is 0.0199. The molecule has 107 heavy (non-hydrogen) atoms. The number of benzene rings is 6. The Balaban J connectivity index is 0.000000363. The molecule has 3 aliphatic rings. The highest BCUT2D eigenvalue weighted by molar-refractivity contribution is 7.91. The van der Waals surface area contributed by atoms with Gasteiger partial charge < -0.3 is 41.1 Å². The van der Waals surface area contributed by atoms with E-state index in [2.05, 4.69) is 72.0 Å². The zero-order valence-corrected chi connectivity index (χ0v) is 65.9. The topological polar surface area (TPSA) is 312 Å². The van der Waals surface area contributed by atoms with Crippen molar-refractivity contribution >= 4 is 142 Å². The molecule has 30 heteroatoms. The van der Waals surface area contributed by atoms with E-state index in [9.17, 15) is 60.0 Å². The Labute approximate surface area is 654 Å². The molecule has 0 saturated carbocycles. The molecule has 3 unspecified atom stereocenters. The number of halogens is 6. The molecule has 9 rings (SSSR count). The number of sulfone groups is 1. The Hall–Kier alpha value is -7.17. The van der Waals surface area contributed by atoms with E-state index in [0.29, 0.717) is 95.0 Å². The molecule has 0 spiro atoms. The number of hydrogen-bond donors (Lipinski definition) is 6. The van der Waals surface area contributed by atoms with Crippen LogP contribution in [0, 0.1) is 0 Å². The molecule has 22 nitrogen and oxygen atoms in total. The van der Waals surface area contributed by atoms with E-state index < -0.39 is 61.5 Å². The van der Waals surface area contributed by atoms with Gasteiger partial charge in [-0.1, -0.05) is 125 Å². The number of Topliss-reactive ketones (excluding diaryl/α,β-unsaturated/α-hetero) is 4. The smallest absolute Gasteiger partial charge is 0.303 e. The number of amides is 4. The predicted molar refractivity (Wildman–Crippen MR) is 414 cm³/mol. The number of carbonyl (C=O) groups is 9. The molecule has 0 aromatic heterocycles. The zero-order valence-electron chi connectivity index (χ0n) is 59.7. The Morgan fingerprint density at radius 3 is 1.22 bits per heavy atom. The second kappa shape index (κ2) is 40.5. The van der Waals surface area contributed by atoms with Crippen molar-refractivity contribution in [3.63, 3.8) is 0 Å². The SMILES string of the molecule is CN1Cc2c(Cl)cc(Cl)cc2C(c2ccc(CCCC(=O)NCC(=O)CCC(=O)O)cc2)C1.CN1Cc2c(Cl)cc(Cl)cc2C(c2ccc(S(=O)(=O)CCC(=O)NCC(=O)CCC(=O)NCCCCCC(=O)CNC(=O)CCC(=O)CNS(=O)(=O)c3ccc(C4CN(C)Cc5c(Cl)cc(Cl)cc54)cc3)cc2)C1. The van der Waals surface area contributed by atoms with Gasteiger partial charge in [-0.2, -0.15) is 0 Å². The molecule has 3 heterocycles. The number of aliphatic carboxylic acids is 1. The number of carboxylic acid groups (broad SMARTS) is 1. The Bertz CT molecular complexity index is 4280. The van der Waals surface area contributed by atoms with Gasteiger partial charge in [0.15, 0.2) is 27.2 Å². The van der Waals surface area contributed by atoms with Crippen molar-refractivity contribution in [2.45, 2.75) is 137 Å². The number of hydrogen-bond acceptors (Lipinski definition) is 16. The number of carboxylic acids is 1. The summed E-state index contributed by atoms with van der Waals surface area (Å²) >= 11 is 38.3. The number of nitrogens with one attached hydrogen (secondary N) is 5. The standard InChI is InChI=1S/C52H60Cl4N6O10S2.C25H28Cl2N2O4/c1-61-29-44(42-22-35(53)24-48(55)46(42)31-61)33-7-13-40(14-8-33)73(69,70)21-19-52(68)59-27-38(64)11-17-50(66)57-20-5-3-4-6-37(63)26-58-51(67)18-12-39(65)28-60-74(71,72)41-15-9-34(10-16-41)45-30-62(2)32-47-43(45)23-36(54)25-49(47)56;1-29-14-21(20-11-18(26)12-23(27)22(20)15-29)17-7-5-16(6-8-17)3-2-4-24(31)28-13-19(30)9-10-25(32)33/h7-10,13-16,22-25,44-45,60H,3-6,11-12,17-21,26-32H2,1-2H3,(H,57,66)(H,58,67)(H,59,68);5-8,11-12,21H,2-4,9-10,13-15H2,1H3,(H,28,31)(H,32,33). The second-order valence-electron chi connectivity index (χ2n) is 27.3. The first-order valence-corrected chi connectivity index (χ1v) is 40.6. The average Bonchev–Trinajstić information content (AvgIpc) is 0.787. The number of fused-ring (bicyclic) bond motifs is 3. The van der Waals surface area contributed by atoms with E-state index in [0.717, 1.165) is 64.0 Å². The number of aryl methyl sites for hydroxylation is 1. The van der Waals surface area contributed by atoms with Crippen LogP contribution < -0.4 is 26.0 Å². The number of sulfonamides is 1. The molecule has 0 radical (unpaired) electrons. The molecular weight excluding hydrogens is 1540 g/mol. The predicted octanol–water partition coefficient (Wildman–Crippen LogP) is 11.2. The Kier molecular flexibility index (Phi) is 32.3. The number of unbranched alkanes of at least 4 members (excludes halogenated alkanes) is 2. The van der Waals surface area contributed by atoms with E-state index in [4.69, 9.17) is 74.7 Å². The van der Waals surface area contributed by atoms with Crippen LogP contribution in [0.4, 0.5) is 0 Å². The van der Waals surface area contributed by atoms with Crippen LogP contribution in [0.25, 0.3) is 0 Å². The van der Waals surface area contributed by atoms with Crippen LogP contribution in [-0.4, -0.2) is 169 Å². The summed E-state index contributed by atoms with van der Waals surface area (Å²) in [5.41, 5.74) is 10.3. The lowest BCUT2D eigenvalue weighted by molar-refractivity contribution is -0.138. The fourth-order valence-electron chi connectivity index (χ4n) is 13.1. The Morgan fingerprint density at radius 1 is 0.411 bits per heavy atom. The lowest BCUT2D eigenvalue weighted by Gasteiger charge is -2.33. The van der Waals surface area contributed by atoms with Crippen LogP contribution in [-0.2, 0) is 89.1 Å². The summed E-state index contributed by atoms with van der Waals surface area (Å²) in [5.74, 6) is -4.52. The van der Waals surface area contributed by atoms with Crippen molar-refractivity contribution in [2.24, 2.45) is 0 Å². The number of rotatable bonds is 36. The monoisotopic (exact) mass is 1620 g/mol. The van der Waals surface area contributed by atoms with Gasteiger partial charge in [-0.15, -0.1) is 0 Å². The minimum atomic E-state index is -4.03. The summed E-state index contributed by atoms with van der Waals surface area (Å²) in [4.78, 5) is 115. The van der Waals surface area contributed by atoms with Crippen LogP contribution in [0.5, 0.6) is 0 Å². The maximum absolute atomic E-state index is 13.1. The molecule has 0 fully saturated rings. The van der Waals surface area contributed by atoms with Crippen LogP contribution in [0.2, 0.25) is 30.1 Å². The van der Waals surface area contributed by atoms with Gasteiger partial charge in [0.25, 0.3) is 0 Å². The van der Waals surface area contributed by atoms with Crippen molar-refractivity contribution in [1.29, 1.82) is 0 Å². The van der Waals surface area contributed by atoms with E-state index in [1.54, 1.807) is 42.5 Å². The second-order valence-corrected chi connectivity index (χ2v) is 33.7.